The van der Waals surface area contributed by atoms with Gasteiger partial charge < -0.3 is 20.5 Å². The van der Waals surface area contributed by atoms with Crippen LogP contribution in [0.1, 0.15) is 48.4 Å². The van der Waals surface area contributed by atoms with Crippen molar-refractivity contribution in [1.82, 2.24) is 30.3 Å². The Hall–Kier alpha value is -3.43. The summed E-state index contributed by atoms with van der Waals surface area (Å²) in [5.41, 5.74) is 3.40. The first kappa shape index (κ1) is 24.7. The zero-order valence-corrected chi connectivity index (χ0v) is 20.8. The Bertz CT molecular complexity index is 1170. The molecule has 3 aromatic rings. The molecule has 4 rings (SSSR count). The van der Waals surface area contributed by atoms with Gasteiger partial charge in [-0.15, -0.1) is 10.2 Å². The summed E-state index contributed by atoms with van der Waals surface area (Å²) in [5.74, 6) is 1.06. The van der Waals surface area contributed by atoms with Crippen LogP contribution in [0.15, 0.2) is 36.4 Å². The molecule has 0 atom stereocenters. The number of piperazine rings is 1. The Morgan fingerprint density at radius 2 is 1.89 bits per heavy atom. The van der Waals surface area contributed by atoms with Crippen molar-refractivity contribution in [1.29, 1.82) is 0 Å². The number of amides is 1. The van der Waals surface area contributed by atoms with Crippen molar-refractivity contribution in [3.05, 3.63) is 53.3 Å². The topological polar surface area (TPSA) is 105 Å². The van der Waals surface area contributed by atoms with Crippen LogP contribution in [0.25, 0.3) is 17.1 Å². The molecule has 2 heterocycles. The number of hydrogen-bond acceptors (Lipinski definition) is 7. The molecule has 1 aliphatic rings. The van der Waals surface area contributed by atoms with E-state index in [1.165, 1.54) is 5.56 Å². The normalized spacial score (nSPS) is 14.3. The number of nitrogens with zero attached hydrogens (tertiary/aromatic N) is 4. The maximum absolute atomic E-state index is 12.9. The lowest BCUT2D eigenvalue weighted by molar-refractivity contribution is 0.0943. The summed E-state index contributed by atoms with van der Waals surface area (Å²) in [7, 11) is 1.55. The van der Waals surface area contributed by atoms with Gasteiger partial charge in [0.25, 0.3) is 5.91 Å². The molecule has 35 heavy (non-hydrogen) atoms. The minimum Gasteiger partial charge on any atom is -0.508 e. The number of methoxy groups -OCH3 is 1. The Balaban J connectivity index is 1.79. The number of hydrogen-bond donors (Lipinski definition) is 3. The van der Waals surface area contributed by atoms with Gasteiger partial charge in [-0.2, -0.15) is 0 Å². The summed E-state index contributed by atoms with van der Waals surface area (Å²) < 4.78 is 7.32. The molecule has 1 aliphatic heterocycles. The van der Waals surface area contributed by atoms with Gasteiger partial charge in [0.2, 0.25) is 5.82 Å². The molecular weight excluding hydrogens is 444 g/mol. The second kappa shape index (κ2) is 10.9. The lowest BCUT2D eigenvalue weighted by Crippen LogP contribution is -2.42. The van der Waals surface area contributed by atoms with E-state index in [4.69, 9.17) is 4.74 Å². The second-order valence-electron chi connectivity index (χ2n) is 9.00. The molecule has 9 heteroatoms. The molecule has 2 aromatic carbocycles. The standard InChI is InChI=1S/C26H34N6O3/c1-5-28-26(34)25-30-29-24(21-14-20(17(2)3)22(33)15-23(21)35-4)32(25)19-8-6-18(7-9-19)16-31-12-10-27-11-13-31/h6-9,14-15,17,27,33H,5,10-13,16H2,1-4H3,(H,28,34). The molecule has 9 nitrogen and oxygen atoms in total. The van der Waals surface area contributed by atoms with E-state index in [-0.39, 0.29) is 23.4 Å². The van der Waals surface area contributed by atoms with Crippen molar-refractivity contribution in [2.75, 3.05) is 39.8 Å². The van der Waals surface area contributed by atoms with Gasteiger partial charge in [-0.25, -0.2) is 0 Å². The molecule has 0 saturated carbocycles. The first-order chi connectivity index (χ1) is 16.9. The Labute approximate surface area is 206 Å². The maximum atomic E-state index is 12.9. The molecule has 0 unspecified atom stereocenters. The Morgan fingerprint density at radius 3 is 2.51 bits per heavy atom. The fourth-order valence-electron chi connectivity index (χ4n) is 4.36. The van der Waals surface area contributed by atoms with E-state index in [1.54, 1.807) is 17.7 Å². The van der Waals surface area contributed by atoms with Gasteiger partial charge in [0, 0.05) is 51.0 Å². The molecule has 0 radical (unpaired) electrons. The lowest BCUT2D eigenvalue weighted by Gasteiger charge is -2.27. The van der Waals surface area contributed by atoms with E-state index >= 15 is 0 Å². The van der Waals surface area contributed by atoms with Crippen molar-refractivity contribution in [2.45, 2.75) is 33.2 Å². The summed E-state index contributed by atoms with van der Waals surface area (Å²) in [6.45, 7) is 11.3. The number of aromatic nitrogens is 3. The second-order valence-corrected chi connectivity index (χ2v) is 9.00. The number of phenols is 1. The molecule has 1 saturated heterocycles. The van der Waals surface area contributed by atoms with Crippen LogP contribution in [-0.2, 0) is 6.54 Å². The van der Waals surface area contributed by atoms with E-state index in [2.05, 4.69) is 37.9 Å². The number of rotatable bonds is 8. The smallest absolute Gasteiger partial charge is 0.289 e. The lowest BCUT2D eigenvalue weighted by atomic mass is 9.98. The monoisotopic (exact) mass is 478 g/mol. The van der Waals surface area contributed by atoms with Crippen LogP contribution in [0, 0.1) is 0 Å². The van der Waals surface area contributed by atoms with Gasteiger partial charge in [0.05, 0.1) is 12.7 Å². The minimum atomic E-state index is -0.307. The minimum absolute atomic E-state index is 0.0863. The summed E-state index contributed by atoms with van der Waals surface area (Å²) in [6, 6.07) is 11.6. The van der Waals surface area contributed by atoms with E-state index in [0.717, 1.165) is 44.0 Å². The van der Waals surface area contributed by atoms with Crippen molar-refractivity contribution in [3.8, 4) is 28.6 Å². The Morgan fingerprint density at radius 1 is 1.17 bits per heavy atom. The average molecular weight is 479 g/mol. The van der Waals surface area contributed by atoms with Gasteiger partial charge >= 0.3 is 0 Å². The molecule has 3 N–H and O–H groups in total. The molecule has 0 aliphatic carbocycles. The first-order valence-corrected chi connectivity index (χ1v) is 12.1. The van der Waals surface area contributed by atoms with E-state index in [9.17, 15) is 9.90 Å². The van der Waals surface area contributed by atoms with Crippen LogP contribution in [0.5, 0.6) is 11.5 Å². The van der Waals surface area contributed by atoms with Crippen LogP contribution in [0.2, 0.25) is 0 Å². The van der Waals surface area contributed by atoms with Gasteiger partial charge in [-0.3, -0.25) is 14.3 Å². The van der Waals surface area contributed by atoms with Crippen LogP contribution in [0.3, 0.4) is 0 Å². The zero-order chi connectivity index (χ0) is 24.9. The third-order valence-corrected chi connectivity index (χ3v) is 6.23. The SMILES string of the molecule is CCNC(=O)c1nnc(-c2cc(C(C)C)c(O)cc2OC)n1-c1ccc(CN2CCNCC2)cc1. The molecule has 1 amide bonds. The summed E-state index contributed by atoms with van der Waals surface area (Å²) >= 11 is 0. The fraction of sp³-hybridized carbons (Fsp3) is 0.423. The molecular formula is C26H34N6O3. The Kier molecular flexibility index (Phi) is 7.67. The third-order valence-electron chi connectivity index (χ3n) is 6.23. The highest BCUT2D eigenvalue weighted by molar-refractivity contribution is 5.92. The van der Waals surface area contributed by atoms with E-state index in [1.807, 2.05) is 39.0 Å². The molecule has 1 aromatic heterocycles. The van der Waals surface area contributed by atoms with Gasteiger partial charge in [-0.1, -0.05) is 26.0 Å². The third kappa shape index (κ3) is 5.31. The summed E-state index contributed by atoms with van der Waals surface area (Å²) in [6.07, 6.45) is 0. The zero-order valence-electron chi connectivity index (χ0n) is 20.8. The van der Waals surface area contributed by atoms with Gasteiger partial charge in [0.1, 0.15) is 11.5 Å². The number of benzene rings is 2. The van der Waals surface area contributed by atoms with Crippen LogP contribution >= 0.6 is 0 Å². The molecule has 1 fully saturated rings. The van der Waals surface area contributed by atoms with Crippen molar-refractivity contribution in [2.24, 2.45) is 0 Å². The van der Waals surface area contributed by atoms with Gasteiger partial charge in [0.15, 0.2) is 5.82 Å². The van der Waals surface area contributed by atoms with Crippen LogP contribution in [0.4, 0.5) is 0 Å². The highest BCUT2D eigenvalue weighted by Crippen LogP contribution is 2.38. The number of phenolic OH excluding ortho intramolecular Hbond substituents is 1. The molecule has 0 spiro atoms. The van der Waals surface area contributed by atoms with Crippen molar-refractivity contribution in [3.63, 3.8) is 0 Å². The highest BCUT2D eigenvalue weighted by atomic mass is 16.5. The van der Waals surface area contributed by atoms with Crippen LogP contribution in [-0.4, -0.2) is 70.5 Å². The quantitative estimate of drug-likeness (QED) is 0.457. The number of carbonyl (C=O) groups excluding carboxylic acids is 1. The molecule has 0 bridgehead atoms. The van der Waals surface area contributed by atoms with Gasteiger partial charge in [-0.05, 0) is 42.2 Å². The molecule has 186 valence electrons. The number of carbonyl (C=O) groups is 1. The highest BCUT2D eigenvalue weighted by Gasteiger charge is 2.24. The van der Waals surface area contributed by atoms with E-state index < -0.39 is 0 Å². The summed E-state index contributed by atoms with van der Waals surface area (Å²) in [5, 5.41) is 25.3. The number of ether oxygens (including phenoxy) is 1. The van der Waals surface area contributed by atoms with Crippen LogP contribution < -0.4 is 15.4 Å². The summed E-state index contributed by atoms with van der Waals surface area (Å²) in [4.78, 5) is 15.3. The first-order valence-electron chi connectivity index (χ1n) is 12.1. The predicted octanol–water partition coefficient (Wildman–Crippen LogP) is 2.93. The predicted molar refractivity (Wildman–Crippen MR) is 135 cm³/mol. The van der Waals surface area contributed by atoms with E-state index in [0.29, 0.717) is 23.7 Å². The number of nitrogens with one attached hydrogen (secondary N) is 2. The number of aromatic hydroxyl groups is 1. The van der Waals surface area contributed by atoms with Crippen molar-refractivity contribution >= 4 is 5.91 Å². The maximum Gasteiger partial charge on any atom is 0.289 e. The fourth-order valence-corrected chi connectivity index (χ4v) is 4.36. The largest absolute Gasteiger partial charge is 0.508 e. The van der Waals surface area contributed by atoms with Crippen molar-refractivity contribution < 1.29 is 14.6 Å². The average Bonchev–Trinajstić information content (AvgIpc) is 3.30.